The quantitative estimate of drug-likeness (QED) is 0.476. The predicted octanol–water partition coefficient (Wildman–Crippen LogP) is 3.64. The Kier molecular flexibility index (Phi) is 5.71. The molecule has 29 heavy (non-hydrogen) atoms. The van der Waals surface area contributed by atoms with Crippen LogP contribution in [0.4, 0.5) is 10.5 Å². The van der Waals surface area contributed by atoms with Crippen molar-refractivity contribution in [2.75, 3.05) is 11.5 Å². The Bertz CT molecular complexity index is 1100. The Labute approximate surface area is 173 Å². The second-order valence-corrected chi connectivity index (χ2v) is 6.84. The van der Waals surface area contributed by atoms with Gasteiger partial charge >= 0.3 is 6.03 Å². The molecule has 1 aliphatic heterocycles. The van der Waals surface area contributed by atoms with Gasteiger partial charge in [-0.15, -0.1) is 6.42 Å². The molecule has 0 saturated carbocycles. The monoisotopic (exact) mass is 408 g/mol. The van der Waals surface area contributed by atoms with E-state index in [9.17, 15) is 14.4 Å². The average Bonchev–Trinajstić information content (AvgIpc) is 2.67. The van der Waals surface area contributed by atoms with Gasteiger partial charge in [0.25, 0.3) is 11.8 Å². The zero-order valence-electron chi connectivity index (χ0n) is 15.8. The van der Waals surface area contributed by atoms with Crippen LogP contribution in [0.1, 0.15) is 16.7 Å². The number of carbonyl (C=O) groups excluding carboxylic acids is 3. The normalized spacial score (nSPS) is 15.3. The van der Waals surface area contributed by atoms with Crippen molar-refractivity contribution >= 4 is 41.2 Å². The molecule has 0 aliphatic carbocycles. The van der Waals surface area contributed by atoms with E-state index in [1.54, 1.807) is 37.3 Å². The van der Waals surface area contributed by atoms with E-state index in [-0.39, 0.29) is 17.2 Å². The molecular weight excluding hydrogens is 392 g/mol. The van der Waals surface area contributed by atoms with Crippen molar-refractivity contribution in [2.24, 2.45) is 0 Å². The third kappa shape index (κ3) is 4.15. The number of anilines is 1. The lowest BCUT2D eigenvalue weighted by Gasteiger charge is -2.27. The van der Waals surface area contributed by atoms with Gasteiger partial charge in [-0.1, -0.05) is 35.7 Å². The van der Waals surface area contributed by atoms with Gasteiger partial charge in [0.1, 0.15) is 17.9 Å². The lowest BCUT2D eigenvalue weighted by Crippen LogP contribution is -2.54. The van der Waals surface area contributed by atoms with Gasteiger partial charge in [-0.25, -0.2) is 9.69 Å². The van der Waals surface area contributed by atoms with Crippen LogP contribution >= 0.6 is 11.6 Å². The Balaban J connectivity index is 1.99. The number of aryl methyl sites for hydroxylation is 2. The zero-order chi connectivity index (χ0) is 21.1. The number of hydrogen-bond donors (Lipinski definition) is 1. The third-order valence-electron chi connectivity index (χ3n) is 4.29. The van der Waals surface area contributed by atoms with Crippen molar-refractivity contribution in [3.8, 4) is 18.1 Å². The largest absolute Gasteiger partial charge is 0.479 e. The fourth-order valence-corrected chi connectivity index (χ4v) is 3.09. The van der Waals surface area contributed by atoms with E-state index in [0.717, 1.165) is 16.0 Å². The van der Waals surface area contributed by atoms with E-state index < -0.39 is 17.8 Å². The number of hydrogen-bond acceptors (Lipinski definition) is 4. The molecule has 0 aromatic heterocycles. The molecule has 6 nitrogen and oxygen atoms in total. The number of terminal acetylenes is 1. The number of amides is 4. The highest BCUT2D eigenvalue weighted by Gasteiger charge is 2.37. The van der Waals surface area contributed by atoms with Gasteiger partial charge < -0.3 is 4.74 Å². The minimum Gasteiger partial charge on any atom is -0.479 e. The summed E-state index contributed by atoms with van der Waals surface area (Å²) in [7, 11) is 0. The third-order valence-corrected chi connectivity index (χ3v) is 4.58. The summed E-state index contributed by atoms with van der Waals surface area (Å²) in [6.07, 6.45) is 6.54. The summed E-state index contributed by atoms with van der Waals surface area (Å²) in [4.78, 5) is 38.6. The maximum absolute atomic E-state index is 13.0. The molecule has 1 aliphatic rings. The van der Waals surface area contributed by atoms with E-state index in [1.165, 1.54) is 6.08 Å². The molecule has 1 N–H and O–H groups in total. The van der Waals surface area contributed by atoms with Crippen molar-refractivity contribution in [1.82, 2.24) is 5.32 Å². The number of benzene rings is 2. The number of rotatable bonds is 4. The zero-order valence-corrected chi connectivity index (χ0v) is 16.5. The molecule has 1 heterocycles. The van der Waals surface area contributed by atoms with Crippen LogP contribution in [0.2, 0.25) is 5.02 Å². The van der Waals surface area contributed by atoms with Gasteiger partial charge in [-0.3, -0.25) is 14.9 Å². The fourth-order valence-electron chi connectivity index (χ4n) is 2.85. The molecule has 1 saturated heterocycles. The van der Waals surface area contributed by atoms with Crippen LogP contribution < -0.4 is 15.0 Å². The number of barbiturate groups is 1. The molecule has 7 heteroatoms. The molecule has 4 amide bonds. The van der Waals surface area contributed by atoms with Gasteiger partial charge in [0.2, 0.25) is 0 Å². The number of imide groups is 2. The molecule has 0 atom stereocenters. The Morgan fingerprint density at radius 1 is 1.17 bits per heavy atom. The molecule has 146 valence electrons. The van der Waals surface area contributed by atoms with Crippen molar-refractivity contribution in [3.63, 3.8) is 0 Å². The maximum Gasteiger partial charge on any atom is 0.335 e. The molecule has 2 aromatic carbocycles. The summed E-state index contributed by atoms with van der Waals surface area (Å²) in [5, 5.41) is 2.49. The van der Waals surface area contributed by atoms with Crippen LogP contribution in [0, 0.1) is 26.2 Å². The highest BCUT2D eigenvalue weighted by atomic mass is 35.5. The summed E-state index contributed by atoms with van der Waals surface area (Å²) >= 11 is 6.17. The molecule has 0 bridgehead atoms. The van der Waals surface area contributed by atoms with Crippen LogP contribution in [0.15, 0.2) is 42.0 Å². The van der Waals surface area contributed by atoms with Gasteiger partial charge in [0.05, 0.1) is 10.7 Å². The van der Waals surface area contributed by atoms with E-state index in [1.807, 2.05) is 13.0 Å². The number of carbonyl (C=O) groups is 3. The van der Waals surface area contributed by atoms with Crippen LogP contribution in [0.25, 0.3) is 6.08 Å². The summed E-state index contributed by atoms with van der Waals surface area (Å²) in [5.41, 5.74) is 2.34. The molecule has 3 rings (SSSR count). The Morgan fingerprint density at radius 3 is 2.62 bits per heavy atom. The lowest BCUT2D eigenvalue weighted by molar-refractivity contribution is -0.122. The number of ether oxygens (including phenoxy) is 1. The minimum atomic E-state index is -0.790. The second-order valence-electron chi connectivity index (χ2n) is 6.43. The summed E-state index contributed by atoms with van der Waals surface area (Å²) in [6, 6.07) is 9.36. The van der Waals surface area contributed by atoms with E-state index in [2.05, 4.69) is 11.2 Å². The van der Waals surface area contributed by atoms with Gasteiger partial charge in [-0.05, 0) is 54.8 Å². The topological polar surface area (TPSA) is 75.7 Å². The highest BCUT2D eigenvalue weighted by Crippen LogP contribution is 2.29. The SMILES string of the molecule is C#CCOc1ccc(/C=C2\C(=O)NC(=O)N(c3cc(C)ccc3C)C2=O)cc1Cl. The number of urea groups is 1. The van der Waals surface area contributed by atoms with Crippen molar-refractivity contribution < 1.29 is 19.1 Å². The van der Waals surface area contributed by atoms with Crippen molar-refractivity contribution in [1.29, 1.82) is 0 Å². The first kappa shape index (κ1) is 20.2. The maximum atomic E-state index is 13.0. The van der Waals surface area contributed by atoms with Crippen molar-refractivity contribution in [2.45, 2.75) is 13.8 Å². The predicted molar refractivity (Wildman–Crippen MR) is 111 cm³/mol. The number of halogens is 1. The van der Waals surface area contributed by atoms with E-state index in [4.69, 9.17) is 22.8 Å². The summed E-state index contributed by atoms with van der Waals surface area (Å²) in [5.74, 6) is 1.24. The Hall–Kier alpha value is -3.56. The number of nitrogens with zero attached hydrogens (tertiary/aromatic N) is 1. The Morgan fingerprint density at radius 2 is 1.93 bits per heavy atom. The van der Waals surface area contributed by atoms with Gasteiger partial charge in [0, 0.05) is 0 Å². The summed E-state index contributed by atoms with van der Waals surface area (Å²) < 4.78 is 5.30. The molecule has 0 radical (unpaired) electrons. The van der Waals surface area contributed by atoms with Gasteiger partial charge in [-0.2, -0.15) is 0 Å². The van der Waals surface area contributed by atoms with Gasteiger partial charge in [0.15, 0.2) is 0 Å². The summed E-state index contributed by atoms with van der Waals surface area (Å²) in [6.45, 7) is 3.70. The van der Waals surface area contributed by atoms with Crippen LogP contribution in [-0.4, -0.2) is 24.5 Å². The van der Waals surface area contributed by atoms with Crippen LogP contribution in [-0.2, 0) is 9.59 Å². The fraction of sp³-hybridized carbons (Fsp3) is 0.136. The van der Waals surface area contributed by atoms with E-state index in [0.29, 0.717) is 17.0 Å². The number of nitrogens with one attached hydrogen (secondary N) is 1. The first-order valence-corrected chi connectivity index (χ1v) is 9.04. The molecule has 0 unspecified atom stereocenters. The molecule has 2 aromatic rings. The van der Waals surface area contributed by atoms with E-state index >= 15 is 0 Å². The highest BCUT2D eigenvalue weighted by molar-refractivity contribution is 6.39. The first-order chi connectivity index (χ1) is 13.8. The first-order valence-electron chi connectivity index (χ1n) is 8.66. The smallest absolute Gasteiger partial charge is 0.335 e. The van der Waals surface area contributed by atoms with Crippen LogP contribution in [0.5, 0.6) is 5.75 Å². The van der Waals surface area contributed by atoms with Crippen LogP contribution in [0.3, 0.4) is 0 Å². The minimum absolute atomic E-state index is 0.0635. The second kappa shape index (κ2) is 8.21. The molecular formula is C22H17ClN2O4. The van der Waals surface area contributed by atoms with Crippen molar-refractivity contribution in [3.05, 3.63) is 63.7 Å². The lowest BCUT2D eigenvalue weighted by atomic mass is 10.0. The molecule has 1 fully saturated rings. The average molecular weight is 409 g/mol. The molecule has 0 spiro atoms. The standard InChI is InChI=1S/C22H17ClN2O4/c1-4-9-29-19-8-7-15(12-17(19)23)11-16-20(26)24-22(28)25(21(16)27)18-10-13(2)5-6-14(18)3/h1,5-8,10-12H,9H2,2-3H3,(H,24,26,28)/b16-11+.